The van der Waals surface area contributed by atoms with Crippen LogP contribution in [0.25, 0.3) is 0 Å². The van der Waals surface area contributed by atoms with Gasteiger partial charge in [-0.3, -0.25) is 9.59 Å². The first-order valence-corrected chi connectivity index (χ1v) is 11.4. The van der Waals surface area contributed by atoms with Gasteiger partial charge in [0.05, 0.1) is 30.9 Å². The van der Waals surface area contributed by atoms with Crippen molar-refractivity contribution in [2.45, 2.75) is 62.1 Å². The molecular weight excluding hydrogens is 422 g/mol. The molecule has 2 bridgehead atoms. The van der Waals surface area contributed by atoms with Gasteiger partial charge in [0.2, 0.25) is 5.91 Å². The molecule has 4 aliphatic heterocycles. The van der Waals surface area contributed by atoms with Gasteiger partial charge in [-0.2, -0.15) is 0 Å². The molecule has 7 nitrogen and oxygen atoms in total. The molecule has 2 amide bonds. The Morgan fingerprint density at radius 1 is 1.09 bits per heavy atom. The van der Waals surface area contributed by atoms with Crippen LogP contribution in [0.3, 0.4) is 0 Å². The maximum atomic E-state index is 14.8. The standard InChI is InChI=1S/C23H28F2N2O5/c24-16-6-7-17-21(22(16)25)14-2-4-15(5-3-14)31-10-18-23(13-30-11-19(28)26-23)8-1-9-27(18)20(29)12-32-17/h6-7,14-15,18H,1-5,8-13H2,(H,26,28)/t14?,15?,18-,23+/m1/s1. The van der Waals surface area contributed by atoms with Crippen LogP contribution in [-0.2, 0) is 19.1 Å². The summed E-state index contributed by atoms with van der Waals surface area (Å²) in [6, 6.07) is 2.06. The minimum atomic E-state index is -0.910. The number of nitrogens with one attached hydrogen (secondary N) is 1. The molecule has 2 saturated heterocycles. The molecule has 1 N–H and O–H groups in total. The highest BCUT2D eigenvalue weighted by Gasteiger charge is 2.50. The van der Waals surface area contributed by atoms with Crippen molar-refractivity contribution in [3.8, 4) is 5.75 Å². The fourth-order valence-electron chi connectivity index (χ4n) is 5.75. The minimum Gasteiger partial charge on any atom is -0.483 e. The molecule has 6 rings (SSSR count). The van der Waals surface area contributed by atoms with Crippen LogP contribution in [0, 0.1) is 11.6 Å². The third-order valence-electron chi connectivity index (χ3n) is 7.35. The van der Waals surface area contributed by atoms with Crippen LogP contribution < -0.4 is 10.1 Å². The van der Waals surface area contributed by atoms with Crippen molar-refractivity contribution in [3.05, 3.63) is 29.3 Å². The number of morpholine rings is 1. The number of hydrogen-bond donors (Lipinski definition) is 1. The van der Waals surface area contributed by atoms with E-state index < -0.39 is 17.2 Å². The van der Waals surface area contributed by atoms with Crippen LogP contribution in [0.15, 0.2) is 12.1 Å². The summed E-state index contributed by atoms with van der Waals surface area (Å²) in [5.41, 5.74) is -0.483. The maximum absolute atomic E-state index is 14.8. The number of halogens is 2. The summed E-state index contributed by atoms with van der Waals surface area (Å²) in [5.74, 6) is -2.25. The lowest BCUT2D eigenvalue weighted by molar-refractivity contribution is -0.156. The maximum Gasteiger partial charge on any atom is 0.260 e. The van der Waals surface area contributed by atoms with Crippen molar-refractivity contribution in [1.82, 2.24) is 10.2 Å². The van der Waals surface area contributed by atoms with E-state index >= 15 is 0 Å². The number of hydrogen-bond acceptors (Lipinski definition) is 5. The number of benzene rings is 1. The molecule has 0 aromatic heterocycles. The lowest BCUT2D eigenvalue weighted by Crippen LogP contribution is -2.72. The van der Waals surface area contributed by atoms with Gasteiger partial charge >= 0.3 is 0 Å². The summed E-state index contributed by atoms with van der Waals surface area (Å²) in [6.45, 7) is 0.814. The molecule has 3 fully saturated rings. The molecule has 9 heteroatoms. The van der Waals surface area contributed by atoms with Crippen molar-refractivity contribution in [3.63, 3.8) is 0 Å². The van der Waals surface area contributed by atoms with Crippen LogP contribution in [0.5, 0.6) is 5.75 Å². The van der Waals surface area contributed by atoms with Gasteiger partial charge in [0.15, 0.2) is 18.2 Å². The highest BCUT2D eigenvalue weighted by molar-refractivity contribution is 5.81. The molecule has 0 radical (unpaired) electrons. The zero-order valence-corrected chi connectivity index (χ0v) is 17.9. The first kappa shape index (κ1) is 21.6. The number of carbonyl (C=O) groups is 2. The zero-order chi connectivity index (χ0) is 22.3. The van der Waals surface area contributed by atoms with E-state index in [1.54, 1.807) is 4.90 Å². The van der Waals surface area contributed by atoms with Gasteiger partial charge in [-0.05, 0) is 56.6 Å². The van der Waals surface area contributed by atoms with Gasteiger partial charge in [0, 0.05) is 12.1 Å². The van der Waals surface area contributed by atoms with Crippen molar-refractivity contribution >= 4 is 11.8 Å². The molecule has 1 aromatic rings. The molecule has 32 heavy (non-hydrogen) atoms. The Balaban J connectivity index is 1.48. The summed E-state index contributed by atoms with van der Waals surface area (Å²) in [4.78, 5) is 27.1. The van der Waals surface area contributed by atoms with E-state index in [2.05, 4.69) is 5.32 Å². The van der Waals surface area contributed by atoms with Gasteiger partial charge in [0.1, 0.15) is 12.4 Å². The molecule has 4 heterocycles. The summed E-state index contributed by atoms with van der Waals surface area (Å²) in [7, 11) is 0. The van der Waals surface area contributed by atoms with Crippen molar-refractivity contribution in [1.29, 1.82) is 0 Å². The Morgan fingerprint density at radius 3 is 2.69 bits per heavy atom. The molecule has 1 saturated carbocycles. The fourth-order valence-corrected chi connectivity index (χ4v) is 5.75. The zero-order valence-electron chi connectivity index (χ0n) is 17.9. The number of piperidine rings is 1. The smallest absolute Gasteiger partial charge is 0.260 e. The van der Waals surface area contributed by atoms with Gasteiger partial charge in [0.25, 0.3) is 5.91 Å². The van der Waals surface area contributed by atoms with Crippen molar-refractivity contribution in [2.24, 2.45) is 0 Å². The number of ether oxygens (including phenoxy) is 3. The van der Waals surface area contributed by atoms with E-state index in [4.69, 9.17) is 14.2 Å². The van der Waals surface area contributed by atoms with Gasteiger partial charge < -0.3 is 24.4 Å². The molecule has 1 aliphatic carbocycles. The SMILES string of the molecule is O=C1COC[C@]2(CCCN3C(=O)COc4ccc(F)c(F)c4C4CCC(CC4)OC[C@@H]32)N1. The van der Waals surface area contributed by atoms with Crippen LogP contribution in [0.1, 0.15) is 50.0 Å². The van der Waals surface area contributed by atoms with Gasteiger partial charge in [-0.25, -0.2) is 8.78 Å². The van der Waals surface area contributed by atoms with E-state index in [1.807, 2.05) is 0 Å². The normalized spacial score (nSPS) is 33.3. The number of carbonyl (C=O) groups excluding carboxylic acids is 2. The van der Waals surface area contributed by atoms with E-state index in [9.17, 15) is 18.4 Å². The molecule has 2 atom stereocenters. The van der Waals surface area contributed by atoms with Crippen LogP contribution >= 0.6 is 0 Å². The monoisotopic (exact) mass is 450 g/mol. The number of fused-ring (bicyclic) bond motifs is 5. The Labute approximate surface area is 185 Å². The van der Waals surface area contributed by atoms with Crippen LogP contribution in [0.2, 0.25) is 0 Å². The molecule has 174 valence electrons. The van der Waals surface area contributed by atoms with Crippen LogP contribution in [-0.4, -0.2) is 67.4 Å². The van der Waals surface area contributed by atoms with Crippen molar-refractivity contribution < 1.29 is 32.6 Å². The Hall–Kier alpha value is -2.26. The Kier molecular flexibility index (Phi) is 5.79. The second kappa shape index (κ2) is 8.59. The summed E-state index contributed by atoms with van der Waals surface area (Å²) in [6.07, 6.45) is 4.06. The molecule has 0 unspecified atom stereocenters. The third kappa shape index (κ3) is 3.85. The summed E-state index contributed by atoms with van der Waals surface area (Å²) in [5, 5.41) is 3.08. The van der Waals surface area contributed by atoms with E-state index in [1.165, 1.54) is 6.07 Å². The summed E-state index contributed by atoms with van der Waals surface area (Å²) >= 11 is 0. The highest BCUT2D eigenvalue weighted by atomic mass is 19.2. The van der Waals surface area contributed by atoms with Gasteiger partial charge in [-0.1, -0.05) is 0 Å². The highest BCUT2D eigenvalue weighted by Crippen LogP contribution is 2.41. The predicted molar refractivity (Wildman–Crippen MR) is 109 cm³/mol. The molecule has 1 spiro atoms. The third-order valence-corrected chi connectivity index (χ3v) is 7.35. The number of rotatable bonds is 0. The second-order valence-electron chi connectivity index (χ2n) is 9.27. The van der Waals surface area contributed by atoms with E-state index in [0.717, 1.165) is 6.07 Å². The lowest BCUT2D eigenvalue weighted by atomic mass is 9.80. The van der Waals surface area contributed by atoms with E-state index in [-0.39, 0.29) is 61.0 Å². The topological polar surface area (TPSA) is 77.1 Å². The van der Waals surface area contributed by atoms with E-state index in [0.29, 0.717) is 51.7 Å². The number of nitrogens with zero attached hydrogens (tertiary/aromatic N) is 1. The van der Waals surface area contributed by atoms with Crippen LogP contribution in [0.4, 0.5) is 8.78 Å². The lowest BCUT2D eigenvalue weighted by Gasteiger charge is -2.51. The average molecular weight is 450 g/mol. The predicted octanol–water partition coefficient (Wildman–Crippen LogP) is 2.28. The fraction of sp³-hybridized carbons (Fsp3) is 0.652. The molecular formula is C23H28F2N2O5. The van der Waals surface area contributed by atoms with Gasteiger partial charge in [-0.15, -0.1) is 0 Å². The first-order chi connectivity index (χ1) is 15.5. The quantitative estimate of drug-likeness (QED) is 0.656. The minimum absolute atomic E-state index is 0.00923. The summed E-state index contributed by atoms with van der Waals surface area (Å²) < 4.78 is 46.4. The van der Waals surface area contributed by atoms with Crippen molar-refractivity contribution in [2.75, 3.05) is 33.0 Å². The second-order valence-corrected chi connectivity index (χ2v) is 9.27. The molecule has 5 aliphatic rings. The first-order valence-electron chi connectivity index (χ1n) is 11.4. The largest absolute Gasteiger partial charge is 0.483 e. The Morgan fingerprint density at radius 2 is 1.91 bits per heavy atom. The Bertz CT molecular complexity index is 901. The number of amides is 2. The average Bonchev–Trinajstić information content (AvgIpc) is 2.80. The molecule has 1 aromatic carbocycles.